The predicted octanol–water partition coefficient (Wildman–Crippen LogP) is 2.19. The molecule has 1 aromatic rings. The van der Waals surface area contributed by atoms with Crippen molar-refractivity contribution < 1.29 is 9.53 Å². The highest BCUT2D eigenvalue weighted by Crippen LogP contribution is 2.32. The van der Waals surface area contributed by atoms with Crippen LogP contribution in [0.15, 0.2) is 18.2 Å². The van der Waals surface area contributed by atoms with Crippen LogP contribution in [0.3, 0.4) is 0 Å². The number of ether oxygens (including phenoxy) is 1. The normalized spacial score (nSPS) is 18.1. The van der Waals surface area contributed by atoms with Gasteiger partial charge in [-0.15, -0.1) is 0 Å². The fraction of sp³-hybridized carbons (Fsp3) is 0.300. The van der Waals surface area contributed by atoms with Crippen molar-refractivity contribution in [3.05, 3.63) is 29.3 Å². The topological polar surface area (TPSA) is 50.4 Å². The second kappa shape index (κ2) is 4.20. The predicted molar refractivity (Wildman–Crippen MR) is 60.8 cm³/mol. The largest absolute Gasteiger partial charge is 0.462 e. The van der Waals surface area contributed by atoms with Gasteiger partial charge in [-0.05, 0) is 25.1 Å². The van der Waals surface area contributed by atoms with E-state index in [1.165, 1.54) is 0 Å². The second-order valence-corrected chi connectivity index (χ2v) is 4.07. The van der Waals surface area contributed by atoms with E-state index in [0.29, 0.717) is 12.2 Å². The number of carbonyl (C=O) groups excluding carboxylic acids is 1. The summed E-state index contributed by atoms with van der Waals surface area (Å²) in [4.78, 5) is 11.5. The number of anilines is 1. The molecule has 0 aliphatic carbocycles. The molecular formula is C10H11BrN2O2. The first-order valence-corrected chi connectivity index (χ1v) is 5.60. The maximum Gasteiger partial charge on any atom is 0.338 e. The molecule has 0 saturated carbocycles. The third-order valence-electron chi connectivity index (χ3n) is 2.17. The third kappa shape index (κ3) is 1.98. The molecule has 0 saturated heterocycles. The number of rotatable bonds is 2. The lowest BCUT2D eigenvalue weighted by Gasteiger charge is -2.04. The Morgan fingerprint density at radius 2 is 2.40 bits per heavy atom. The molecule has 80 valence electrons. The summed E-state index contributed by atoms with van der Waals surface area (Å²) in [5, 5.41) is 0. The van der Waals surface area contributed by atoms with Crippen molar-refractivity contribution in [3.63, 3.8) is 0 Å². The van der Waals surface area contributed by atoms with Crippen LogP contribution < -0.4 is 10.9 Å². The number of hydrogen-bond donors (Lipinski definition) is 2. The number of hydrazine groups is 1. The number of nitrogens with one attached hydrogen (secondary N) is 2. The smallest absolute Gasteiger partial charge is 0.338 e. The van der Waals surface area contributed by atoms with E-state index >= 15 is 0 Å². The van der Waals surface area contributed by atoms with Gasteiger partial charge in [-0.2, -0.15) is 0 Å². The standard InChI is InChI=1S/C10H11BrN2O2/c1-2-15-10(14)6-3-4-8-7(5-6)9(11)13-12-8/h3-5,9,12-13H,2H2,1H3. The lowest BCUT2D eigenvalue weighted by Crippen LogP contribution is -2.13. The molecule has 0 amide bonds. The summed E-state index contributed by atoms with van der Waals surface area (Å²) in [6.45, 7) is 2.19. The zero-order chi connectivity index (χ0) is 10.8. The fourth-order valence-corrected chi connectivity index (χ4v) is 1.94. The van der Waals surface area contributed by atoms with Gasteiger partial charge in [0.2, 0.25) is 0 Å². The van der Waals surface area contributed by atoms with Crippen molar-refractivity contribution in [1.82, 2.24) is 5.43 Å². The zero-order valence-electron chi connectivity index (χ0n) is 8.21. The molecule has 2 N–H and O–H groups in total. The maximum atomic E-state index is 11.5. The van der Waals surface area contributed by atoms with Gasteiger partial charge in [0.15, 0.2) is 0 Å². The van der Waals surface area contributed by atoms with E-state index in [1.807, 2.05) is 12.1 Å². The number of esters is 1. The number of benzene rings is 1. The number of fused-ring (bicyclic) bond motifs is 1. The van der Waals surface area contributed by atoms with Gasteiger partial charge >= 0.3 is 5.97 Å². The van der Waals surface area contributed by atoms with Crippen LogP contribution in [0.25, 0.3) is 0 Å². The average Bonchev–Trinajstić information content (AvgIpc) is 2.60. The molecule has 1 atom stereocenters. The van der Waals surface area contributed by atoms with Crippen molar-refractivity contribution >= 4 is 27.6 Å². The van der Waals surface area contributed by atoms with Crippen molar-refractivity contribution in [2.75, 3.05) is 12.0 Å². The number of halogens is 1. The molecule has 15 heavy (non-hydrogen) atoms. The maximum absolute atomic E-state index is 11.5. The summed E-state index contributed by atoms with van der Waals surface area (Å²) in [5.41, 5.74) is 8.56. The van der Waals surface area contributed by atoms with E-state index in [9.17, 15) is 4.79 Å². The Morgan fingerprint density at radius 1 is 1.60 bits per heavy atom. The minimum absolute atomic E-state index is 0.0295. The summed E-state index contributed by atoms with van der Waals surface area (Å²) < 4.78 is 4.93. The molecule has 0 radical (unpaired) electrons. The van der Waals surface area contributed by atoms with E-state index in [0.717, 1.165) is 11.3 Å². The van der Waals surface area contributed by atoms with Gasteiger partial charge in [0.1, 0.15) is 4.95 Å². The van der Waals surface area contributed by atoms with Crippen LogP contribution in [0.1, 0.15) is 27.8 Å². The van der Waals surface area contributed by atoms with E-state index in [-0.39, 0.29) is 10.9 Å². The van der Waals surface area contributed by atoms with E-state index < -0.39 is 0 Å². The highest BCUT2D eigenvalue weighted by atomic mass is 79.9. The Labute approximate surface area is 96.1 Å². The van der Waals surface area contributed by atoms with Gasteiger partial charge in [0, 0.05) is 5.56 Å². The van der Waals surface area contributed by atoms with Crippen molar-refractivity contribution in [1.29, 1.82) is 0 Å². The first kappa shape index (κ1) is 10.4. The minimum atomic E-state index is -0.285. The van der Waals surface area contributed by atoms with Crippen LogP contribution in [-0.2, 0) is 4.74 Å². The molecule has 0 spiro atoms. The summed E-state index contributed by atoms with van der Waals surface area (Å²) in [7, 11) is 0. The van der Waals surface area contributed by atoms with Gasteiger partial charge < -0.3 is 10.2 Å². The Morgan fingerprint density at radius 3 is 3.13 bits per heavy atom. The SMILES string of the molecule is CCOC(=O)c1ccc2c(c1)C(Br)NN2. The van der Waals surface area contributed by atoms with Crippen LogP contribution >= 0.6 is 15.9 Å². The molecule has 1 heterocycles. The molecule has 4 nitrogen and oxygen atoms in total. The van der Waals surface area contributed by atoms with Crippen LogP contribution in [-0.4, -0.2) is 12.6 Å². The number of alkyl halides is 1. The molecule has 0 aromatic heterocycles. The van der Waals surface area contributed by atoms with E-state index in [1.54, 1.807) is 13.0 Å². The lowest BCUT2D eigenvalue weighted by atomic mass is 10.1. The summed E-state index contributed by atoms with van der Waals surface area (Å²) in [6, 6.07) is 5.42. The van der Waals surface area contributed by atoms with E-state index in [2.05, 4.69) is 26.8 Å². The van der Waals surface area contributed by atoms with Crippen LogP contribution in [0.2, 0.25) is 0 Å². The fourth-order valence-electron chi connectivity index (χ4n) is 1.45. The average molecular weight is 271 g/mol. The van der Waals surface area contributed by atoms with Gasteiger partial charge in [-0.25, -0.2) is 10.2 Å². The van der Waals surface area contributed by atoms with Crippen LogP contribution in [0, 0.1) is 0 Å². The summed E-state index contributed by atoms with van der Waals surface area (Å²) in [5.74, 6) is -0.285. The number of carbonyl (C=O) groups is 1. The molecule has 1 aromatic carbocycles. The summed E-state index contributed by atoms with van der Waals surface area (Å²) in [6.07, 6.45) is 0. The van der Waals surface area contributed by atoms with E-state index in [4.69, 9.17) is 4.74 Å². The second-order valence-electron chi connectivity index (χ2n) is 3.15. The Balaban J connectivity index is 2.29. The monoisotopic (exact) mass is 270 g/mol. The molecule has 1 aliphatic heterocycles. The van der Waals surface area contributed by atoms with Crippen molar-refractivity contribution in [2.24, 2.45) is 0 Å². The quantitative estimate of drug-likeness (QED) is 0.492. The van der Waals surface area contributed by atoms with Gasteiger partial charge in [-0.3, -0.25) is 0 Å². The first-order valence-electron chi connectivity index (χ1n) is 4.69. The van der Waals surface area contributed by atoms with Crippen molar-refractivity contribution in [3.8, 4) is 0 Å². The van der Waals surface area contributed by atoms with Crippen LogP contribution in [0.4, 0.5) is 5.69 Å². The highest BCUT2D eigenvalue weighted by molar-refractivity contribution is 9.09. The molecule has 2 rings (SSSR count). The molecular weight excluding hydrogens is 260 g/mol. The number of hydrogen-bond acceptors (Lipinski definition) is 4. The van der Waals surface area contributed by atoms with Gasteiger partial charge in [0.25, 0.3) is 0 Å². The Bertz CT molecular complexity index is 395. The highest BCUT2D eigenvalue weighted by Gasteiger charge is 2.20. The Hall–Kier alpha value is -1.07. The Kier molecular flexibility index (Phi) is 2.93. The van der Waals surface area contributed by atoms with Crippen LogP contribution in [0.5, 0.6) is 0 Å². The molecule has 5 heteroatoms. The molecule has 0 bridgehead atoms. The van der Waals surface area contributed by atoms with Gasteiger partial charge in [-0.1, -0.05) is 15.9 Å². The summed E-state index contributed by atoms with van der Waals surface area (Å²) >= 11 is 3.43. The third-order valence-corrected chi connectivity index (χ3v) is 2.89. The van der Waals surface area contributed by atoms with Crippen molar-refractivity contribution in [2.45, 2.75) is 11.9 Å². The zero-order valence-corrected chi connectivity index (χ0v) is 9.80. The molecule has 1 aliphatic rings. The lowest BCUT2D eigenvalue weighted by molar-refractivity contribution is 0.0526. The minimum Gasteiger partial charge on any atom is -0.462 e. The van der Waals surface area contributed by atoms with Gasteiger partial charge in [0.05, 0.1) is 17.9 Å². The molecule has 1 unspecified atom stereocenters. The molecule has 0 fully saturated rings. The first-order chi connectivity index (χ1) is 7.22.